The number of carbonyl (C=O) groups is 10. The van der Waals surface area contributed by atoms with Gasteiger partial charge < -0.3 is 64.2 Å². The predicted octanol–water partition coefficient (Wildman–Crippen LogP) is -0.730. The van der Waals surface area contributed by atoms with E-state index in [1.54, 1.807) is 55.4 Å². The second-order valence-corrected chi connectivity index (χ2v) is 18.8. The van der Waals surface area contributed by atoms with Gasteiger partial charge in [-0.3, -0.25) is 47.9 Å². The topological polar surface area (TPSA) is 359 Å². The van der Waals surface area contributed by atoms with Gasteiger partial charge in [0, 0.05) is 0 Å². The molecule has 376 valence electrons. The largest absolute Gasteiger partial charge is 0.481 e. The van der Waals surface area contributed by atoms with Crippen LogP contribution >= 0.6 is 0 Å². The Labute approximate surface area is 388 Å². The molecule has 0 aromatic heterocycles. The Morgan fingerprint density at radius 2 is 0.576 bits per heavy atom. The van der Waals surface area contributed by atoms with Crippen LogP contribution in [0.15, 0.2) is 0 Å². The predicted molar refractivity (Wildman–Crippen MR) is 244 cm³/mol. The van der Waals surface area contributed by atoms with Gasteiger partial charge in [-0.15, -0.1) is 0 Å². The van der Waals surface area contributed by atoms with E-state index in [0.29, 0.717) is 25.7 Å². The summed E-state index contributed by atoms with van der Waals surface area (Å²) in [6.07, 6.45) is -0.122. The van der Waals surface area contributed by atoms with Gasteiger partial charge in [-0.05, 0) is 101 Å². The third kappa shape index (κ3) is 22.7. The van der Waals surface area contributed by atoms with Gasteiger partial charge in [-0.1, -0.05) is 55.4 Å². The Morgan fingerprint density at radius 1 is 0.379 bits per heavy atom. The summed E-state index contributed by atoms with van der Waals surface area (Å²) in [5, 5.41) is 40.2. The van der Waals surface area contributed by atoms with Crippen LogP contribution in [0.4, 0.5) is 0 Å². The van der Waals surface area contributed by atoms with Crippen molar-refractivity contribution in [2.45, 2.75) is 181 Å². The van der Waals surface area contributed by atoms with E-state index in [-0.39, 0.29) is 75.3 Å². The number of carboxylic acid groups (broad SMARTS) is 2. The quantitative estimate of drug-likeness (QED) is 0.0670. The van der Waals surface area contributed by atoms with Crippen molar-refractivity contribution >= 4 is 59.2 Å². The van der Waals surface area contributed by atoms with Crippen molar-refractivity contribution < 1.29 is 58.2 Å². The fraction of sp³-hybridized carbons (Fsp3) is 0.773. The van der Waals surface area contributed by atoms with Crippen LogP contribution in [-0.2, 0) is 47.9 Å². The van der Waals surface area contributed by atoms with Crippen LogP contribution in [0.5, 0.6) is 0 Å². The van der Waals surface area contributed by atoms with Gasteiger partial charge in [0.25, 0.3) is 0 Å². The highest BCUT2D eigenvalue weighted by Crippen LogP contribution is 2.14. The van der Waals surface area contributed by atoms with Crippen molar-refractivity contribution in [3.05, 3.63) is 0 Å². The van der Waals surface area contributed by atoms with E-state index in [0.717, 1.165) is 0 Å². The van der Waals surface area contributed by atoms with Crippen LogP contribution in [0.25, 0.3) is 0 Å². The van der Waals surface area contributed by atoms with Crippen LogP contribution in [0.1, 0.15) is 132 Å². The van der Waals surface area contributed by atoms with E-state index in [1.165, 1.54) is 0 Å². The van der Waals surface area contributed by atoms with Crippen LogP contribution < -0.4 is 54.0 Å². The van der Waals surface area contributed by atoms with Crippen LogP contribution in [0, 0.1) is 23.7 Å². The summed E-state index contributed by atoms with van der Waals surface area (Å²) in [4.78, 5) is 136. The number of carbonyl (C=O) groups excluding carboxylic acids is 8. The summed E-state index contributed by atoms with van der Waals surface area (Å²) in [5.41, 5.74) is 11.4. The smallest absolute Gasteiger partial charge is 0.305 e. The zero-order valence-corrected chi connectivity index (χ0v) is 40.0. The molecule has 22 nitrogen and oxygen atoms in total. The average molecular weight is 939 g/mol. The monoisotopic (exact) mass is 939 g/mol. The minimum Gasteiger partial charge on any atom is -0.481 e. The molecule has 22 heteroatoms. The fourth-order valence-corrected chi connectivity index (χ4v) is 7.28. The molecule has 0 radical (unpaired) electrons. The normalized spacial score (nSPS) is 24.9. The molecule has 1 saturated heterocycles. The highest BCUT2D eigenvalue weighted by atomic mass is 16.4. The Hall–Kier alpha value is -5.38. The fourth-order valence-electron chi connectivity index (χ4n) is 7.28. The van der Waals surface area contributed by atoms with E-state index >= 15 is 0 Å². The molecular weight excluding hydrogens is 861 g/mol. The van der Waals surface area contributed by atoms with Crippen molar-refractivity contribution in [2.24, 2.45) is 35.1 Å². The van der Waals surface area contributed by atoms with Crippen LogP contribution in [0.2, 0.25) is 0 Å². The second kappa shape index (κ2) is 30.0. The molecular formula is C44H78N10O12. The number of hydrogen-bond acceptors (Lipinski definition) is 12. The van der Waals surface area contributed by atoms with Crippen molar-refractivity contribution in [3.8, 4) is 0 Å². The molecule has 1 aliphatic heterocycles. The molecule has 0 spiro atoms. The van der Waals surface area contributed by atoms with Gasteiger partial charge in [0.2, 0.25) is 47.3 Å². The molecule has 0 aliphatic carbocycles. The molecule has 0 bridgehead atoms. The zero-order chi connectivity index (χ0) is 50.3. The SMILES string of the molecule is CC(C)C[C@H]1NC(=O)[C@H](CCCCN)NC(=O)[C@@H](CC(C)C)NC(=O)[C@H](CC(=O)O)NC(=O)[C@@H](CC(C)C)NC(=O)[C@H](CCCCN)NC(=O)[C@@H](CC(C)C)NC(=O)[C@H](CC(=O)O)NC1=O. The summed E-state index contributed by atoms with van der Waals surface area (Å²) in [6, 6.07) is -11.5. The molecule has 8 atom stereocenters. The molecule has 1 aliphatic rings. The maximum Gasteiger partial charge on any atom is 0.305 e. The van der Waals surface area contributed by atoms with E-state index in [9.17, 15) is 58.2 Å². The highest BCUT2D eigenvalue weighted by molar-refractivity contribution is 6.00. The number of unbranched alkanes of at least 4 members (excludes halogenated alkanes) is 2. The number of nitrogens with two attached hydrogens (primary N) is 2. The maximum atomic E-state index is 14.1. The average Bonchev–Trinajstić information content (AvgIpc) is 3.19. The van der Waals surface area contributed by atoms with Gasteiger partial charge in [0.15, 0.2) is 0 Å². The first-order valence-corrected chi connectivity index (χ1v) is 23.1. The lowest BCUT2D eigenvalue weighted by Gasteiger charge is -2.30. The van der Waals surface area contributed by atoms with Gasteiger partial charge in [-0.25, -0.2) is 0 Å². The standard InChI is InChI=1S/C44H78N10O12/c1-23(2)17-29-39(61)47-27(13-9-11-15-45)37(59)49-32(20-26(7)8)42(64)54-34(22-36(57)58)44(66)52-30(18-24(3)4)40(62)48-28(14-10-12-16-46)38(60)50-31(19-25(5)6)41(63)53-33(21-35(55)56)43(65)51-29/h23-34H,9-22,45-46H2,1-8H3,(H,47,61)(H,48,62)(H,49,59)(H,50,60)(H,51,65)(H,52,66)(H,53,63)(H,54,64)(H,55,56)(H,57,58)/t27-,28-,29+,30+,31+,32+,33-,34-/m0/s1. The summed E-state index contributed by atoms with van der Waals surface area (Å²) in [7, 11) is 0. The maximum absolute atomic E-state index is 14.1. The molecule has 1 rings (SSSR count). The Bertz CT molecular complexity index is 1520. The number of aliphatic carboxylic acids is 2. The molecule has 0 saturated carbocycles. The Balaban J connectivity index is 4.07. The third-order valence-corrected chi connectivity index (χ3v) is 10.5. The Morgan fingerprint density at radius 3 is 0.788 bits per heavy atom. The summed E-state index contributed by atoms with van der Waals surface area (Å²) >= 11 is 0. The molecule has 0 unspecified atom stereocenters. The first-order chi connectivity index (χ1) is 30.9. The molecule has 14 N–H and O–H groups in total. The van der Waals surface area contributed by atoms with Gasteiger partial charge in [0.1, 0.15) is 48.3 Å². The number of amides is 8. The first kappa shape index (κ1) is 58.6. The number of carboxylic acids is 2. The number of hydrogen-bond donors (Lipinski definition) is 12. The van der Waals surface area contributed by atoms with Crippen LogP contribution in [0.3, 0.4) is 0 Å². The first-order valence-electron chi connectivity index (χ1n) is 23.1. The summed E-state index contributed by atoms with van der Waals surface area (Å²) in [5.74, 6) is -11.0. The molecule has 8 amide bonds. The molecule has 1 heterocycles. The van der Waals surface area contributed by atoms with Crippen molar-refractivity contribution in [2.75, 3.05) is 13.1 Å². The van der Waals surface area contributed by atoms with Gasteiger partial charge in [0.05, 0.1) is 12.8 Å². The van der Waals surface area contributed by atoms with Crippen molar-refractivity contribution in [1.29, 1.82) is 0 Å². The van der Waals surface area contributed by atoms with E-state index < -0.39 is 120 Å². The third-order valence-electron chi connectivity index (χ3n) is 10.5. The second-order valence-electron chi connectivity index (χ2n) is 18.8. The van der Waals surface area contributed by atoms with Crippen LogP contribution in [-0.4, -0.2) is 131 Å². The lowest BCUT2D eigenvalue weighted by atomic mass is 9.99. The van der Waals surface area contributed by atoms with Gasteiger partial charge in [-0.2, -0.15) is 0 Å². The van der Waals surface area contributed by atoms with E-state index in [4.69, 9.17) is 11.5 Å². The van der Waals surface area contributed by atoms with Crippen molar-refractivity contribution in [3.63, 3.8) is 0 Å². The minimum absolute atomic E-state index is 0.00911. The zero-order valence-electron chi connectivity index (χ0n) is 40.0. The molecule has 0 aromatic carbocycles. The number of rotatable bonds is 20. The lowest BCUT2D eigenvalue weighted by molar-refractivity contribution is -0.142. The highest BCUT2D eigenvalue weighted by Gasteiger charge is 2.37. The summed E-state index contributed by atoms with van der Waals surface area (Å²) < 4.78 is 0. The summed E-state index contributed by atoms with van der Waals surface area (Å²) in [6.45, 7) is 14.6. The van der Waals surface area contributed by atoms with E-state index in [2.05, 4.69) is 42.5 Å². The van der Waals surface area contributed by atoms with Crippen molar-refractivity contribution in [1.82, 2.24) is 42.5 Å². The van der Waals surface area contributed by atoms with Gasteiger partial charge >= 0.3 is 11.9 Å². The lowest BCUT2D eigenvalue weighted by Crippen LogP contribution is -2.62. The minimum atomic E-state index is -1.74. The van der Waals surface area contributed by atoms with E-state index in [1.807, 2.05) is 0 Å². The Kier molecular flexibility index (Phi) is 26.7. The molecule has 1 fully saturated rings. The number of nitrogens with one attached hydrogen (secondary N) is 8. The molecule has 0 aromatic rings. The molecule has 66 heavy (non-hydrogen) atoms.